The normalized spacial score (nSPS) is 11.4. The zero-order valence-electron chi connectivity index (χ0n) is 29.6. The van der Waals surface area contributed by atoms with Gasteiger partial charge in [0.25, 0.3) is 0 Å². The molecular formula is C44H44N4OPt. The van der Waals surface area contributed by atoms with Gasteiger partial charge in [0.05, 0.1) is 6.20 Å². The molecule has 50 heavy (non-hydrogen) atoms. The van der Waals surface area contributed by atoms with Crippen LogP contribution in [0, 0.1) is 25.0 Å². The Kier molecular flexibility index (Phi) is 11.0. The molecule has 4 aromatic carbocycles. The summed E-state index contributed by atoms with van der Waals surface area (Å²) in [6.07, 6.45) is 12.4. The molecule has 0 saturated carbocycles. The third-order valence-corrected chi connectivity index (χ3v) is 9.20. The summed E-state index contributed by atoms with van der Waals surface area (Å²) in [6.45, 7) is 11.1. The number of benzene rings is 4. The van der Waals surface area contributed by atoms with Crippen molar-refractivity contribution in [2.24, 2.45) is 5.92 Å². The number of aromatic nitrogens is 4. The first kappa shape index (κ1) is 35.4. The molecule has 0 fully saturated rings. The van der Waals surface area contributed by atoms with Crippen molar-refractivity contribution < 1.29 is 25.8 Å². The summed E-state index contributed by atoms with van der Waals surface area (Å²) in [7, 11) is 0. The minimum absolute atomic E-state index is 0. The topological polar surface area (TPSA) is 44.9 Å². The Morgan fingerprint density at radius 2 is 1.58 bits per heavy atom. The van der Waals surface area contributed by atoms with E-state index in [1.807, 2.05) is 29.2 Å². The first-order valence-corrected chi connectivity index (χ1v) is 17.7. The van der Waals surface area contributed by atoms with Crippen LogP contribution in [0.1, 0.15) is 69.2 Å². The Bertz CT molecular complexity index is 2220. The van der Waals surface area contributed by atoms with Crippen LogP contribution in [0.2, 0.25) is 0 Å². The molecule has 7 rings (SSSR count). The summed E-state index contributed by atoms with van der Waals surface area (Å²) in [5.41, 5.74) is 10.5. The van der Waals surface area contributed by atoms with Crippen LogP contribution in [0.15, 0.2) is 97.5 Å². The van der Waals surface area contributed by atoms with Crippen LogP contribution in [0.4, 0.5) is 0 Å². The van der Waals surface area contributed by atoms with Gasteiger partial charge in [-0.1, -0.05) is 88.9 Å². The van der Waals surface area contributed by atoms with E-state index < -0.39 is 0 Å². The minimum Gasteiger partial charge on any atom is -0.509 e. The predicted molar refractivity (Wildman–Crippen MR) is 201 cm³/mol. The van der Waals surface area contributed by atoms with Crippen LogP contribution in [0.5, 0.6) is 11.5 Å². The van der Waals surface area contributed by atoms with Crippen LogP contribution < -0.4 is 4.74 Å². The van der Waals surface area contributed by atoms with E-state index >= 15 is 0 Å². The van der Waals surface area contributed by atoms with Gasteiger partial charge in [0.2, 0.25) is 0 Å². The maximum absolute atomic E-state index is 6.61. The van der Waals surface area contributed by atoms with Gasteiger partial charge in [-0.05, 0) is 83.6 Å². The van der Waals surface area contributed by atoms with Crippen LogP contribution in [-0.2, 0) is 40.3 Å². The summed E-state index contributed by atoms with van der Waals surface area (Å²) < 4.78 is 10.7. The molecule has 0 N–H and O–H groups in total. The van der Waals surface area contributed by atoms with Gasteiger partial charge in [-0.15, -0.1) is 35.7 Å². The SMILES string of the molecule is CCCc1cccc(CCC)c1-c1cnn(-c2[c-]c(Oc3[c-]c4c(cc3)c3ccccc3n4-c3cc(C)ccn3)cc(CCC(C)C)c2)c1.[Pt+2]. The van der Waals surface area contributed by atoms with E-state index in [1.165, 1.54) is 22.3 Å². The number of fused-ring (bicyclic) bond motifs is 3. The second-order valence-corrected chi connectivity index (χ2v) is 13.5. The second kappa shape index (κ2) is 15.6. The molecule has 0 atom stereocenters. The Balaban J connectivity index is 0.00000432. The molecule has 3 heterocycles. The summed E-state index contributed by atoms with van der Waals surface area (Å²) in [5, 5.41) is 7.14. The van der Waals surface area contributed by atoms with Crippen molar-refractivity contribution in [3.8, 4) is 34.1 Å². The Morgan fingerprint density at radius 1 is 0.800 bits per heavy atom. The molecule has 0 amide bonds. The van der Waals surface area contributed by atoms with Crippen LogP contribution in [0.3, 0.4) is 0 Å². The van der Waals surface area contributed by atoms with Gasteiger partial charge in [-0.3, -0.25) is 4.68 Å². The molecule has 5 nitrogen and oxygen atoms in total. The smallest absolute Gasteiger partial charge is 0.509 e. The largest absolute Gasteiger partial charge is 2.00 e. The van der Waals surface area contributed by atoms with Gasteiger partial charge in [0, 0.05) is 35.0 Å². The Morgan fingerprint density at radius 3 is 2.32 bits per heavy atom. The summed E-state index contributed by atoms with van der Waals surface area (Å²) in [5.74, 6) is 2.74. The van der Waals surface area contributed by atoms with E-state index in [1.54, 1.807) is 0 Å². The first-order chi connectivity index (χ1) is 23.9. The molecule has 0 saturated heterocycles. The molecule has 0 spiro atoms. The number of nitrogens with zero attached hydrogens (tertiary/aromatic N) is 4. The molecular weight excluding hydrogens is 796 g/mol. The predicted octanol–water partition coefficient (Wildman–Crippen LogP) is 11.2. The first-order valence-electron chi connectivity index (χ1n) is 17.7. The number of hydrogen-bond donors (Lipinski definition) is 0. The van der Waals surface area contributed by atoms with Crippen molar-refractivity contribution in [1.82, 2.24) is 19.3 Å². The zero-order valence-corrected chi connectivity index (χ0v) is 31.8. The summed E-state index contributed by atoms with van der Waals surface area (Å²) >= 11 is 0. The van der Waals surface area contributed by atoms with E-state index in [4.69, 9.17) is 14.8 Å². The zero-order chi connectivity index (χ0) is 33.9. The quantitative estimate of drug-likeness (QED) is 0.115. The van der Waals surface area contributed by atoms with E-state index in [-0.39, 0.29) is 21.1 Å². The van der Waals surface area contributed by atoms with Gasteiger partial charge < -0.3 is 9.30 Å². The maximum Gasteiger partial charge on any atom is 2.00 e. The third kappa shape index (κ3) is 7.35. The van der Waals surface area contributed by atoms with E-state index in [0.717, 1.165) is 83.0 Å². The molecule has 256 valence electrons. The average molecular weight is 840 g/mol. The minimum atomic E-state index is 0. The average Bonchev–Trinajstić information content (AvgIpc) is 3.71. The summed E-state index contributed by atoms with van der Waals surface area (Å²) in [6, 6.07) is 34.9. The molecule has 7 aromatic rings. The fourth-order valence-corrected chi connectivity index (χ4v) is 6.86. The molecule has 0 radical (unpaired) electrons. The van der Waals surface area contributed by atoms with Crippen LogP contribution in [-0.4, -0.2) is 19.3 Å². The van der Waals surface area contributed by atoms with Crippen molar-refractivity contribution in [1.29, 1.82) is 0 Å². The second-order valence-electron chi connectivity index (χ2n) is 13.5. The van der Waals surface area contributed by atoms with E-state index in [9.17, 15) is 0 Å². The van der Waals surface area contributed by atoms with E-state index in [2.05, 4.69) is 124 Å². The number of aryl methyl sites for hydroxylation is 4. The van der Waals surface area contributed by atoms with Gasteiger partial charge >= 0.3 is 21.1 Å². The van der Waals surface area contributed by atoms with Crippen molar-refractivity contribution in [3.05, 3.63) is 132 Å². The fraction of sp³-hybridized carbons (Fsp3) is 0.273. The van der Waals surface area contributed by atoms with Crippen LogP contribution in [0.25, 0.3) is 44.4 Å². The number of hydrogen-bond acceptors (Lipinski definition) is 3. The Hall–Kier alpha value is -4.47. The molecule has 0 aliphatic heterocycles. The van der Waals surface area contributed by atoms with Gasteiger partial charge in [-0.2, -0.15) is 16.7 Å². The Labute approximate surface area is 310 Å². The van der Waals surface area contributed by atoms with Crippen molar-refractivity contribution in [3.63, 3.8) is 0 Å². The maximum atomic E-state index is 6.61. The van der Waals surface area contributed by atoms with Crippen molar-refractivity contribution in [2.75, 3.05) is 0 Å². The fourth-order valence-electron chi connectivity index (χ4n) is 6.86. The summed E-state index contributed by atoms with van der Waals surface area (Å²) in [4.78, 5) is 4.73. The van der Waals surface area contributed by atoms with Gasteiger partial charge in [0.15, 0.2) is 0 Å². The van der Waals surface area contributed by atoms with Crippen LogP contribution >= 0.6 is 0 Å². The molecule has 6 heteroatoms. The monoisotopic (exact) mass is 839 g/mol. The number of ether oxygens (including phenoxy) is 1. The van der Waals surface area contributed by atoms with E-state index in [0.29, 0.717) is 17.4 Å². The molecule has 0 aliphatic carbocycles. The van der Waals surface area contributed by atoms with Crippen molar-refractivity contribution in [2.45, 2.75) is 73.1 Å². The van der Waals surface area contributed by atoms with Gasteiger partial charge in [-0.25, -0.2) is 4.98 Å². The molecule has 0 aliphatic rings. The number of para-hydroxylation sites is 1. The molecule has 0 bridgehead atoms. The molecule has 3 aromatic heterocycles. The number of pyridine rings is 1. The third-order valence-electron chi connectivity index (χ3n) is 9.20. The van der Waals surface area contributed by atoms with Crippen molar-refractivity contribution >= 4 is 21.8 Å². The standard InChI is InChI=1S/C44H44N4O.Pt/c1-6-11-33-13-10-14-34(12-7-2)44(33)35-28-46-47(29-35)36-24-32(18-17-30(3)4)25-38(26-36)49-37-19-20-40-39-15-8-9-16-41(39)48(42(40)27-37)43-23-31(5)21-22-45-43;/h8-10,13-16,19-25,28-30H,6-7,11-12,17-18H2,1-5H3;/q-2;+2. The van der Waals surface area contributed by atoms with Gasteiger partial charge in [0.1, 0.15) is 5.82 Å². The number of rotatable bonds is 12. The molecule has 0 unspecified atom stereocenters.